The van der Waals surface area contributed by atoms with Gasteiger partial charge < -0.3 is 25.2 Å². The molecule has 0 radical (unpaired) electrons. The number of aliphatic hydroxyl groups excluding tert-OH is 1. The molecule has 0 spiro atoms. The Bertz CT molecular complexity index is 2880. The number of pyridine rings is 2. The lowest BCUT2D eigenvalue weighted by atomic mass is 9.99. The summed E-state index contributed by atoms with van der Waals surface area (Å²) in [4.78, 5) is 27.2. The van der Waals surface area contributed by atoms with Gasteiger partial charge in [-0.3, -0.25) is 9.80 Å². The maximum Gasteiger partial charge on any atom is 0.157 e. The lowest BCUT2D eigenvalue weighted by Crippen LogP contribution is -2.34. The van der Waals surface area contributed by atoms with Crippen molar-refractivity contribution in [3.05, 3.63) is 93.3 Å². The summed E-state index contributed by atoms with van der Waals surface area (Å²) in [5, 5.41) is 17.9. The van der Waals surface area contributed by atoms with Crippen molar-refractivity contribution in [3.8, 4) is 0 Å². The Morgan fingerprint density at radius 2 is 1.25 bits per heavy atom. The zero-order valence-corrected chi connectivity index (χ0v) is 38.9. The molecule has 17 heteroatoms. The van der Waals surface area contributed by atoms with E-state index in [1.807, 2.05) is 12.1 Å². The summed E-state index contributed by atoms with van der Waals surface area (Å²) < 4.78 is 42.7. The largest absolute Gasteiger partial charge is 0.395 e. The van der Waals surface area contributed by atoms with E-state index in [1.165, 1.54) is 44.9 Å². The van der Waals surface area contributed by atoms with Gasteiger partial charge in [0.25, 0.3) is 0 Å². The highest BCUT2D eigenvalue weighted by molar-refractivity contribution is 7.19. The third-order valence-corrected chi connectivity index (χ3v) is 16.9. The van der Waals surface area contributed by atoms with Gasteiger partial charge in [-0.2, -0.15) is 0 Å². The number of β-amino-alcohol motifs (C(OH)–C–C–N with tert-alkyl or cyclic N) is 1. The number of hydrogen-bond donors (Lipinski definition) is 3. The molecule has 0 saturated carbocycles. The van der Waals surface area contributed by atoms with E-state index in [-0.39, 0.29) is 24.5 Å². The molecule has 5 atom stereocenters. The quantitative estimate of drug-likeness (QED) is 0.109. The Kier molecular flexibility index (Phi) is 13.1. The molecule has 64 heavy (non-hydrogen) atoms. The molecule has 3 N–H and O–H groups in total. The average molecular weight is 941 g/mol. The molecule has 0 aliphatic carbocycles. The van der Waals surface area contributed by atoms with Crippen LogP contribution in [-0.4, -0.2) is 99.2 Å². The molecule has 3 aliphatic heterocycles. The number of thiazole rings is 2. The van der Waals surface area contributed by atoms with Crippen LogP contribution in [0.15, 0.2) is 71.9 Å². The van der Waals surface area contributed by atoms with E-state index in [1.54, 1.807) is 64.3 Å². The van der Waals surface area contributed by atoms with Gasteiger partial charge in [-0.05, 0) is 108 Å². The van der Waals surface area contributed by atoms with Gasteiger partial charge >= 0.3 is 0 Å². The lowest BCUT2D eigenvalue weighted by Gasteiger charge is -2.26. The van der Waals surface area contributed by atoms with Gasteiger partial charge in [0.15, 0.2) is 6.29 Å². The van der Waals surface area contributed by atoms with Gasteiger partial charge in [0.05, 0.1) is 67.4 Å². The monoisotopic (exact) mass is 940 g/mol. The second-order valence-electron chi connectivity index (χ2n) is 16.7. The fourth-order valence-corrected chi connectivity index (χ4v) is 13.3. The first-order chi connectivity index (χ1) is 31.3. The van der Waals surface area contributed by atoms with E-state index in [9.17, 15) is 13.9 Å². The van der Waals surface area contributed by atoms with Gasteiger partial charge in [-0.15, -0.1) is 45.3 Å². The Morgan fingerprint density at radius 3 is 1.77 bits per heavy atom. The van der Waals surface area contributed by atoms with E-state index in [0.717, 1.165) is 104 Å². The molecule has 3 aliphatic rings. The zero-order chi connectivity index (χ0) is 43.7. The first kappa shape index (κ1) is 43.6. The molecule has 8 aromatic rings. The molecule has 0 amide bonds. The molecule has 11 rings (SSSR count). The summed E-state index contributed by atoms with van der Waals surface area (Å²) >= 11 is 6.33. The number of fused-ring (bicyclic) bond motifs is 4. The number of nitrogens with one attached hydrogen (secondary N) is 2. The Balaban J connectivity index is 0.000000154. The van der Waals surface area contributed by atoms with Crippen molar-refractivity contribution in [2.75, 3.05) is 56.6 Å². The number of aliphatic hydroxyl groups is 1. The lowest BCUT2D eigenvalue weighted by molar-refractivity contribution is -0.164. The van der Waals surface area contributed by atoms with Crippen LogP contribution in [0.1, 0.15) is 67.5 Å². The first-order valence-corrected chi connectivity index (χ1v) is 25.4. The molecule has 6 aromatic heterocycles. The fraction of sp³-hybridized carbons (Fsp3) is 0.404. The number of rotatable bonds is 12. The highest BCUT2D eigenvalue weighted by Gasteiger charge is 2.34. The topological polar surface area (TPSA) is 121 Å². The average Bonchev–Trinajstić information content (AvgIpc) is 4.17. The van der Waals surface area contributed by atoms with Crippen LogP contribution >= 0.6 is 45.3 Å². The Labute approximate surface area is 386 Å². The second-order valence-corrected chi connectivity index (χ2v) is 20.6. The fourth-order valence-electron chi connectivity index (χ4n) is 9.41. The highest BCUT2D eigenvalue weighted by atomic mass is 32.1. The van der Waals surface area contributed by atoms with Crippen molar-refractivity contribution in [1.82, 2.24) is 29.7 Å². The third kappa shape index (κ3) is 9.11. The van der Waals surface area contributed by atoms with Gasteiger partial charge in [0.2, 0.25) is 0 Å². The molecule has 3 saturated heterocycles. The number of hydrogen-bond acceptors (Lipinski definition) is 15. The summed E-state index contributed by atoms with van der Waals surface area (Å²) in [5.74, 6) is 0.321. The summed E-state index contributed by atoms with van der Waals surface area (Å²) in [6.07, 6.45) is 9.05. The Morgan fingerprint density at radius 1 is 0.703 bits per heavy atom. The molecule has 2 aromatic carbocycles. The molecule has 5 unspecified atom stereocenters. The van der Waals surface area contributed by atoms with Crippen LogP contribution in [-0.2, 0) is 9.47 Å². The predicted octanol–water partition coefficient (Wildman–Crippen LogP) is 11.5. The standard InChI is InChI=1S/C26H29FN4O2S2.C21H21FN4OS2/c1-16-17(6-8-31(16)9-11-33-25-4-2-3-10-32-25)23-12-18-20(5-7-28-26(18)35-23)30-21-14-22-24(13-19(21)27)34-15-29-22;1-12-13(3-5-26(12)6-7-27)19-8-14-16(2-4-23-21(14)29-19)25-17-10-18-20(9-15(17)22)28-11-24-18/h5,7,12-17,25H,2-4,6,8-11H2,1H3,(H,28,30);2,4,8-13,27H,3,5-7H2,1H3,(H,23,25). The van der Waals surface area contributed by atoms with Crippen LogP contribution < -0.4 is 10.6 Å². The number of anilines is 4. The summed E-state index contributed by atoms with van der Waals surface area (Å²) in [7, 11) is 0. The van der Waals surface area contributed by atoms with E-state index >= 15 is 0 Å². The number of likely N-dealkylation sites (tertiary alicyclic amines) is 2. The normalized spacial score (nSPS) is 21.9. The summed E-state index contributed by atoms with van der Waals surface area (Å²) in [6.45, 7) is 9.94. The van der Waals surface area contributed by atoms with E-state index in [2.05, 4.69) is 66.3 Å². The van der Waals surface area contributed by atoms with Gasteiger partial charge in [-0.1, -0.05) is 0 Å². The maximum absolute atomic E-state index is 14.7. The Hall–Kier alpha value is -4.30. The second kappa shape index (κ2) is 19.3. The van der Waals surface area contributed by atoms with E-state index in [0.29, 0.717) is 48.4 Å². The number of aromatic nitrogens is 4. The molecular formula is C47H50F2N8O3S4. The molecule has 0 bridgehead atoms. The SMILES string of the molecule is CC1C(c2cc3c(Nc4cc5ncsc5cc4F)ccnc3s2)CCN1CCO.CC1C(c2cc3c(Nc4cc5ncsc5cc4F)ccnc3s2)CCN1CCOC1CCCCO1. The third-order valence-electron chi connectivity index (χ3n) is 13.0. The van der Waals surface area contributed by atoms with Crippen LogP contribution in [0.3, 0.4) is 0 Å². The minimum atomic E-state index is -0.286. The number of benzene rings is 2. The molecule has 9 heterocycles. The van der Waals surface area contributed by atoms with Crippen LogP contribution in [0.5, 0.6) is 0 Å². The van der Waals surface area contributed by atoms with Crippen LogP contribution in [0.2, 0.25) is 0 Å². The minimum absolute atomic E-state index is 0.0295. The van der Waals surface area contributed by atoms with Crippen molar-refractivity contribution < 1.29 is 23.4 Å². The maximum atomic E-state index is 14.7. The summed E-state index contributed by atoms with van der Waals surface area (Å²) in [5.41, 5.74) is 7.64. The van der Waals surface area contributed by atoms with Gasteiger partial charge in [0, 0.05) is 76.5 Å². The molecule has 334 valence electrons. The van der Waals surface area contributed by atoms with Gasteiger partial charge in [-0.25, -0.2) is 28.7 Å². The van der Waals surface area contributed by atoms with Crippen LogP contribution in [0, 0.1) is 11.6 Å². The van der Waals surface area contributed by atoms with Crippen LogP contribution in [0.4, 0.5) is 31.5 Å². The minimum Gasteiger partial charge on any atom is -0.395 e. The van der Waals surface area contributed by atoms with Gasteiger partial charge in [0.1, 0.15) is 21.3 Å². The van der Waals surface area contributed by atoms with Crippen molar-refractivity contribution in [2.24, 2.45) is 0 Å². The molecule has 11 nitrogen and oxygen atoms in total. The number of nitrogens with zero attached hydrogens (tertiary/aromatic N) is 6. The van der Waals surface area contributed by atoms with Crippen molar-refractivity contribution >= 4 is 109 Å². The van der Waals surface area contributed by atoms with Crippen molar-refractivity contribution in [3.63, 3.8) is 0 Å². The molecular weight excluding hydrogens is 891 g/mol. The first-order valence-electron chi connectivity index (χ1n) is 22.0. The highest BCUT2D eigenvalue weighted by Crippen LogP contribution is 2.43. The van der Waals surface area contributed by atoms with E-state index in [4.69, 9.17) is 9.47 Å². The van der Waals surface area contributed by atoms with Crippen molar-refractivity contribution in [2.45, 2.75) is 76.2 Å². The number of halogens is 2. The molecule has 3 fully saturated rings. The van der Waals surface area contributed by atoms with Crippen LogP contribution in [0.25, 0.3) is 40.9 Å². The summed E-state index contributed by atoms with van der Waals surface area (Å²) in [6, 6.07) is 15.7. The smallest absolute Gasteiger partial charge is 0.157 e. The van der Waals surface area contributed by atoms with Crippen molar-refractivity contribution in [1.29, 1.82) is 0 Å². The van der Waals surface area contributed by atoms with E-state index < -0.39 is 0 Å². The number of ether oxygens (including phenoxy) is 2. The predicted molar refractivity (Wildman–Crippen MR) is 258 cm³/mol. The number of thiophene rings is 2. The zero-order valence-electron chi connectivity index (χ0n) is 35.6.